The van der Waals surface area contributed by atoms with Gasteiger partial charge in [-0.2, -0.15) is 0 Å². The van der Waals surface area contributed by atoms with Crippen LogP contribution in [-0.2, 0) is 0 Å². The van der Waals surface area contributed by atoms with Crippen molar-refractivity contribution in [2.24, 2.45) is 0 Å². The Bertz CT molecular complexity index is 663. The molecule has 2 aromatic rings. The molecule has 0 aliphatic heterocycles. The van der Waals surface area contributed by atoms with Crippen LogP contribution in [0.15, 0.2) is 30.3 Å². The maximum Gasteiger partial charge on any atom is 0.267 e. The van der Waals surface area contributed by atoms with Crippen molar-refractivity contribution in [3.05, 3.63) is 51.2 Å². The molecule has 5 heteroatoms. The van der Waals surface area contributed by atoms with E-state index < -0.39 is 6.10 Å². The van der Waals surface area contributed by atoms with E-state index >= 15 is 0 Å². The second-order valence-corrected chi connectivity index (χ2v) is 6.78. The molecule has 1 atom stereocenters. The number of benzene rings is 1. The fourth-order valence-corrected chi connectivity index (χ4v) is 3.34. The number of aryl methyl sites for hydroxylation is 2. The van der Waals surface area contributed by atoms with E-state index in [2.05, 4.69) is 0 Å². The molecular weight excluding hydrogens is 310 g/mol. The summed E-state index contributed by atoms with van der Waals surface area (Å²) >= 11 is 1.42. The van der Waals surface area contributed by atoms with Crippen LogP contribution in [0.1, 0.15) is 38.7 Å². The zero-order valence-electron chi connectivity index (χ0n) is 14.0. The molecule has 1 N–H and O–H groups in total. The third-order valence-corrected chi connectivity index (χ3v) is 4.78. The number of thiophene rings is 1. The van der Waals surface area contributed by atoms with E-state index in [-0.39, 0.29) is 12.5 Å². The Kier molecular flexibility index (Phi) is 5.80. The van der Waals surface area contributed by atoms with Crippen LogP contribution in [0, 0.1) is 13.8 Å². The lowest BCUT2D eigenvalue weighted by Gasteiger charge is -2.24. The predicted octanol–water partition coefficient (Wildman–Crippen LogP) is 3.57. The first-order valence-electron chi connectivity index (χ1n) is 7.64. The first kappa shape index (κ1) is 17.5. The lowest BCUT2D eigenvalue weighted by atomic mass is 10.1. The molecule has 2 rings (SSSR count). The summed E-state index contributed by atoms with van der Waals surface area (Å²) in [5.74, 6) is 0.495. The Morgan fingerprint density at radius 2 is 1.96 bits per heavy atom. The average Bonchev–Trinajstić information content (AvgIpc) is 2.93. The summed E-state index contributed by atoms with van der Waals surface area (Å²) in [4.78, 5) is 16.0. The number of amides is 1. The molecule has 1 aromatic heterocycles. The van der Waals surface area contributed by atoms with Gasteiger partial charge in [-0.1, -0.05) is 29.8 Å². The number of carbonyl (C=O) groups is 1. The van der Waals surface area contributed by atoms with Gasteiger partial charge in [0.25, 0.3) is 5.91 Å². The minimum absolute atomic E-state index is 0.103. The number of likely N-dealkylation sites (N-methyl/N-ethyl adjacent to an activating group) is 1. The number of hydrogen-bond donors (Lipinski definition) is 1. The molecule has 1 aromatic carbocycles. The van der Waals surface area contributed by atoms with Gasteiger partial charge in [0, 0.05) is 11.4 Å². The van der Waals surface area contributed by atoms with Gasteiger partial charge in [-0.3, -0.25) is 4.79 Å². The monoisotopic (exact) mass is 333 g/mol. The fraction of sp³-hybridized carbons (Fsp3) is 0.389. The van der Waals surface area contributed by atoms with E-state index in [1.165, 1.54) is 11.3 Å². The highest BCUT2D eigenvalue weighted by molar-refractivity contribution is 7.14. The molecule has 0 aliphatic rings. The number of rotatable bonds is 6. The number of carbonyl (C=O) groups excluding carboxylic acids is 1. The van der Waals surface area contributed by atoms with Gasteiger partial charge in [-0.15, -0.1) is 11.3 Å². The molecule has 0 radical (unpaired) electrons. The fourth-order valence-electron chi connectivity index (χ4n) is 2.39. The molecule has 0 spiro atoms. The van der Waals surface area contributed by atoms with Crippen molar-refractivity contribution in [2.45, 2.75) is 26.9 Å². The van der Waals surface area contributed by atoms with Crippen LogP contribution in [0.25, 0.3) is 0 Å². The van der Waals surface area contributed by atoms with Crippen LogP contribution in [0.4, 0.5) is 0 Å². The maximum absolute atomic E-state index is 12.7. The molecule has 0 fully saturated rings. The summed E-state index contributed by atoms with van der Waals surface area (Å²) in [6, 6.07) is 9.58. The van der Waals surface area contributed by atoms with E-state index in [1.807, 2.05) is 51.1 Å². The lowest BCUT2D eigenvalue weighted by Crippen LogP contribution is -2.34. The Morgan fingerprint density at radius 1 is 1.30 bits per heavy atom. The third kappa shape index (κ3) is 4.12. The van der Waals surface area contributed by atoms with Gasteiger partial charge in [0.15, 0.2) is 0 Å². The Balaban J connectivity index is 2.15. The van der Waals surface area contributed by atoms with E-state index in [9.17, 15) is 9.90 Å². The van der Waals surface area contributed by atoms with Gasteiger partial charge in [-0.05, 0) is 32.4 Å². The molecule has 1 unspecified atom stereocenters. The van der Waals surface area contributed by atoms with Crippen LogP contribution >= 0.6 is 11.3 Å². The Labute approximate surface area is 141 Å². The topological polar surface area (TPSA) is 49.8 Å². The molecular formula is C18H23NO3S. The van der Waals surface area contributed by atoms with Crippen LogP contribution < -0.4 is 4.74 Å². The highest BCUT2D eigenvalue weighted by Crippen LogP contribution is 2.30. The van der Waals surface area contributed by atoms with Crippen molar-refractivity contribution in [1.29, 1.82) is 0 Å². The first-order valence-corrected chi connectivity index (χ1v) is 8.46. The van der Waals surface area contributed by atoms with Crippen LogP contribution in [-0.4, -0.2) is 36.1 Å². The van der Waals surface area contributed by atoms with E-state index in [0.717, 1.165) is 16.0 Å². The van der Waals surface area contributed by atoms with Gasteiger partial charge in [-0.25, -0.2) is 0 Å². The zero-order chi connectivity index (χ0) is 17.0. The van der Waals surface area contributed by atoms with E-state index in [1.54, 1.807) is 12.0 Å². The normalized spacial score (nSPS) is 12.0. The van der Waals surface area contributed by atoms with Crippen LogP contribution in [0.2, 0.25) is 0 Å². The maximum atomic E-state index is 12.7. The first-order chi connectivity index (χ1) is 11.0. The second-order valence-electron chi connectivity index (χ2n) is 5.52. The van der Waals surface area contributed by atoms with Crippen LogP contribution in [0.5, 0.6) is 5.75 Å². The molecule has 4 nitrogen and oxygen atoms in total. The minimum Gasteiger partial charge on any atom is -0.495 e. The number of hydrogen-bond acceptors (Lipinski definition) is 4. The van der Waals surface area contributed by atoms with Gasteiger partial charge in [0.1, 0.15) is 10.6 Å². The smallest absolute Gasteiger partial charge is 0.267 e. The van der Waals surface area contributed by atoms with Crippen molar-refractivity contribution in [3.63, 3.8) is 0 Å². The van der Waals surface area contributed by atoms with Crippen molar-refractivity contribution in [1.82, 2.24) is 4.90 Å². The number of methoxy groups -OCH3 is 1. The summed E-state index contributed by atoms with van der Waals surface area (Å²) in [7, 11) is 1.57. The van der Waals surface area contributed by atoms with Crippen molar-refractivity contribution in [3.8, 4) is 5.75 Å². The highest BCUT2D eigenvalue weighted by atomic mass is 32.1. The number of aliphatic hydroxyl groups is 1. The quantitative estimate of drug-likeness (QED) is 0.879. The Morgan fingerprint density at radius 3 is 2.52 bits per heavy atom. The summed E-state index contributed by atoms with van der Waals surface area (Å²) in [5.41, 5.74) is 1.96. The summed E-state index contributed by atoms with van der Waals surface area (Å²) in [6.45, 7) is 6.65. The second kappa shape index (κ2) is 7.62. The van der Waals surface area contributed by atoms with Crippen LogP contribution in [0.3, 0.4) is 0 Å². The molecule has 23 heavy (non-hydrogen) atoms. The van der Waals surface area contributed by atoms with Gasteiger partial charge >= 0.3 is 0 Å². The molecule has 0 aliphatic carbocycles. The molecule has 0 saturated heterocycles. The predicted molar refractivity (Wildman–Crippen MR) is 93.3 cm³/mol. The van der Waals surface area contributed by atoms with E-state index in [4.69, 9.17) is 4.74 Å². The standard InChI is InChI=1S/C18H23NO3S/c1-5-19(11-15(20)14-8-6-12(2)7-9-14)18(21)17-16(22-4)10-13(3)23-17/h6-10,15,20H,5,11H2,1-4H3. The minimum atomic E-state index is -0.702. The number of aliphatic hydroxyl groups excluding tert-OH is 1. The van der Waals surface area contributed by atoms with Crippen molar-refractivity contribution in [2.75, 3.05) is 20.2 Å². The molecule has 0 saturated carbocycles. The summed E-state index contributed by atoms with van der Waals surface area (Å²) in [6.07, 6.45) is -0.702. The highest BCUT2D eigenvalue weighted by Gasteiger charge is 2.23. The number of ether oxygens (including phenoxy) is 1. The summed E-state index contributed by atoms with van der Waals surface area (Å²) in [5, 5.41) is 10.4. The van der Waals surface area contributed by atoms with E-state index in [0.29, 0.717) is 17.2 Å². The van der Waals surface area contributed by atoms with Gasteiger partial charge in [0.2, 0.25) is 0 Å². The Hall–Kier alpha value is -1.85. The molecule has 1 amide bonds. The molecule has 0 bridgehead atoms. The average molecular weight is 333 g/mol. The van der Waals surface area contributed by atoms with Crippen molar-refractivity contribution >= 4 is 17.2 Å². The largest absolute Gasteiger partial charge is 0.495 e. The molecule has 1 heterocycles. The summed E-state index contributed by atoms with van der Waals surface area (Å²) < 4.78 is 5.29. The zero-order valence-corrected chi connectivity index (χ0v) is 14.8. The lowest BCUT2D eigenvalue weighted by molar-refractivity contribution is 0.0636. The van der Waals surface area contributed by atoms with Crippen molar-refractivity contribution < 1.29 is 14.6 Å². The number of nitrogens with zero attached hydrogens (tertiary/aromatic N) is 1. The molecule has 124 valence electrons. The van der Waals surface area contributed by atoms with Gasteiger partial charge < -0.3 is 14.7 Å². The van der Waals surface area contributed by atoms with Gasteiger partial charge in [0.05, 0.1) is 19.8 Å². The third-order valence-electron chi connectivity index (χ3n) is 3.76. The SMILES string of the molecule is CCN(CC(O)c1ccc(C)cc1)C(=O)c1sc(C)cc1OC.